The van der Waals surface area contributed by atoms with Crippen molar-refractivity contribution in [1.82, 2.24) is 20.2 Å². The predicted molar refractivity (Wildman–Crippen MR) is 76.6 cm³/mol. The molecule has 1 aromatic heterocycles. The van der Waals surface area contributed by atoms with Crippen LogP contribution in [-0.4, -0.2) is 66.0 Å². The smallest absolute Gasteiger partial charge is 0.225 e. The molecule has 1 aromatic rings. The topological polar surface area (TPSA) is 61.4 Å². The first kappa shape index (κ1) is 13.5. The fraction of sp³-hybridized carbons (Fsp3) is 0.643. The first-order valence-electron chi connectivity index (χ1n) is 7.24. The molecular weight excluding hydrogens is 254 g/mol. The van der Waals surface area contributed by atoms with Gasteiger partial charge in [0.15, 0.2) is 0 Å². The average molecular weight is 275 g/mol. The molecule has 108 valence electrons. The number of anilines is 1. The van der Waals surface area contributed by atoms with Gasteiger partial charge in [0.25, 0.3) is 0 Å². The summed E-state index contributed by atoms with van der Waals surface area (Å²) in [6, 6.07) is 2.31. The second-order valence-corrected chi connectivity index (χ2v) is 5.57. The van der Waals surface area contributed by atoms with Crippen molar-refractivity contribution in [2.24, 2.45) is 5.92 Å². The molecule has 0 unspecified atom stereocenters. The standard InChI is InChI=1S/C14H21N5O/c1-11-12(10-20)17-9-13(11)18-5-7-19(8-6-18)14-15-3-2-4-16-14/h2-4,10-13,17H,5-9H2,1H3/t11-,12-,13-/m1/s1. The quantitative estimate of drug-likeness (QED) is 0.769. The minimum absolute atomic E-state index is 0.00971. The fourth-order valence-electron chi connectivity index (χ4n) is 3.21. The summed E-state index contributed by atoms with van der Waals surface area (Å²) >= 11 is 0. The lowest BCUT2D eigenvalue weighted by Crippen LogP contribution is -2.52. The number of piperazine rings is 1. The van der Waals surface area contributed by atoms with E-state index in [0.717, 1.165) is 45.0 Å². The van der Waals surface area contributed by atoms with Gasteiger partial charge < -0.3 is 15.0 Å². The molecule has 0 amide bonds. The number of rotatable bonds is 3. The summed E-state index contributed by atoms with van der Waals surface area (Å²) in [7, 11) is 0. The van der Waals surface area contributed by atoms with Gasteiger partial charge in [-0.3, -0.25) is 4.90 Å². The Morgan fingerprint density at radius 3 is 2.55 bits per heavy atom. The van der Waals surface area contributed by atoms with Crippen LogP contribution in [0.5, 0.6) is 0 Å². The minimum Gasteiger partial charge on any atom is -0.338 e. The summed E-state index contributed by atoms with van der Waals surface area (Å²) in [5.41, 5.74) is 0. The molecule has 1 N–H and O–H groups in total. The Hall–Kier alpha value is -1.53. The van der Waals surface area contributed by atoms with Gasteiger partial charge in [-0.05, 0) is 12.0 Å². The van der Waals surface area contributed by atoms with E-state index in [1.807, 2.05) is 6.07 Å². The summed E-state index contributed by atoms with van der Waals surface area (Å²) < 4.78 is 0. The lowest BCUT2D eigenvalue weighted by Gasteiger charge is -2.39. The minimum atomic E-state index is 0.00971. The number of nitrogens with zero attached hydrogens (tertiary/aromatic N) is 4. The molecular formula is C14H21N5O. The second kappa shape index (κ2) is 5.85. The van der Waals surface area contributed by atoms with E-state index in [4.69, 9.17) is 0 Å². The van der Waals surface area contributed by atoms with Gasteiger partial charge >= 0.3 is 0 Å². The molecule has 2 aliphatic heterocycles. The van der Waals surface area contributed by atoms with Gasteiger partial charge in [0, 0.05) is 51.2 Å². The van der Waals surface area contributed by atoms with Crippen LogP contribution in [0, 0.1) is 5.92 Å². The number of hydrogen-bond acceptors (Lipinski definition) is 6. The Bertz CT molecular complexity index is 446. The Kier molecular flexibility index (Phi) is 3.93. The van der Waals surface area contributed by atoms with Crippen LogP contribution in [0.4, 0.5) is 5.95 Å². The number of aldehydes is 1. The number of carbonyl (C=O) groups is 1. The van der Waals surface area contributed by atoms with Crippen molar-refractivity contribution < 1.29 is 4.79 Å². The summed E-state index contributed by atoms with van der Waals surface area (Å²) in [4.78, 5) is 24.3. The van der Waals surface area contributed by atoms with Crippen LogP contribution in [0.25, 0.3) is 0 Å². The molecule has 6 heteroatoms. The van der Waals surface area contributed by atoms with Crippen LogP contribution in [0.3, 0.4) is 0 Å². The number of aromatic nitrogens is 2. The number of hydrogen-bond donors (Lipinski definition) is 1. The monoisotopic (exact) mass is 275 g/mol. The molecule has 0 aromatic carbocycles. The molecule has 3 heterocycles. The molecule has 2 saturated heterocycles. The zero-order valence-corrected chi connectivity index (χ0v) is 11.8. The maximum atomic E-state index is 11.0. The van der Waals surface area contributed by atoms with Gasteiger partial charge in [0.05, 0.1) is 6.04 Å². The largest absolute Gasteiger partial charge is 0.338 e. The van der Waals surface area contributed by atoms with E-state index in [-0.39, 0.29) is 6.04 Å². The van der Waals surface area contributed by atoms with E-state index >= 15 is 0 Å². The van der Waals surface area contributed by atoms with E-state index in [0.29, 0.717) is 12.0 Å². The van der Waals surface area contributed by atoms with E-state index in [9.17, 15) is 4.79 Å². The van der Waals surface area contributed by atoms with Crippen molar-refractivity contribution in [3.63, 3.8) is 0 Å². The highest BCUT2D eigenvalue weighted by Gasteiger charge is 2.37. The van der Waals surface area contributed by atoms with Crippen molar-refractivity contribution in [2.75, 3.05) is 37.6 Å². The molecule has 20 heavy (non-hydrogen) atoms. The maximum Gasteiger partial charge on any atom is 0.225 e. The highest BCUT2D eigenvalue weighted by Crippen LogP contribution is 2.22. The lowest BCUT2D eigenvalue weighted by molar-refractivity contribution is -0.110. The Balaban J connectivity index is 1.58. The predicted octanol–water partition coefficient (Wildman–Crippen LogP) is -0.226. The molecule has 6 nitrogen and oxygen atoms in total. The van der Waals surface area contributed by atoms with Gasteiger partial charge in [0.2, 0.25) is 5.95 Å². The van der Waals surface area contributed by atoms with Crippen molar-refractivity contribution >= 4 is 12.2 Å². The van der Waals surface area contributed by atoms with E-state index < -0.39 is 0 Å². The lowest BCUT2D eigenvalue weighted by atomic mass is 9.98. The van der Waals surface area contributed by atoms with Crippen molar-refractivity contribution in [3.8, 4) is 0 Å². The van der Waals surface area contributed by atoms with Crippen LogP contribution >= 0.6 is 0 Å². The van der Waals surface area contributed by atoms with E-state index in [1.165, 1.54) is 0 Å². The highest BCUT2D eigenvalue weighted by molar-refractivity contribution is 5.59. The van der Waals surface area contributed by atoms with Crippen LogP contribution < -0.4 is 10.2 Å². The SMILES string of the molecule is C[C@H]1[C@H](N2CCN(c3ncccn3)CC2)CN[C@@H]1C=O. The van der Waals surface area contributed by atoms with Gasteiger partial charge in [-0.2, -0.15) is 0 Å². The van der Waals surface area contributed by atoms with Gasteiger partial charge in [-0.1, -0.05) is 6.92 Å². The summed E-state index contributed by atoms with van der Waals surface area (Å²) in [6.07, 6.45) is 4.61. The zero-order valence-electron chi connectivity index (χ0n) is 11.8. The van der Waals surface area contributed by atoms with Gasteiger partial charge in [0.1, 0.15) is 6.29 Å². The normalized spacial score (nSPS) is 31.4. The number of nitrogens with one attached hydrogen (secondary N) is 1. The van der Waals surface area contributed by atoms with Gasteiger partial charge in [-0.25, -0.2) is 9.97 Å². The van der Waals surface area contributed by atoms with Crippen LogP contribution in [-0.2, 0) is 4.79 Å². The van der Waals surface area contributed by atoms with Gasteiger partial charge in [-0.15, -0.1) is 0 Å². The van der Waals surface area contributed by atoms with E-state index in [2.05, 4.69) is 32.0 Å². The molecule has 2 aliphatic rings. The van der Waals surface area contributed by atoms with Crippen LogP contribution in [0.15, 0.2) is 18.5 Å². The Morgan fingerprint density at radius 1 is 1.25 bits per heavy atom. The van der Waals surface area contributed by atoms with Crippen LogP contribution in [0.2, 0.25) is 0 Å². The highest BCUT2D eigenvalue weighted by atomic mass is 16.1. The average Bonchev–Trinajstić information content (AvgIpc) is 2.89. The summed E-state index contributed by atoms with van der Waals surface area (Å²) in [6.45, 7) is 6.96. The third-order valence-corrected chi connectivity index (χ3v) is 4.50. The molecule has 0 radical (unpaired) electrons. The Labute approximate surface area is 119 Å². The molecule has 3 rings (SSSR count). The third-order valence-electron chi connectivity index (χ3n) is 4.50. The van der Waals surface area contributed by atoms with Crippen molar-refractivity contribution in [3.05, 3.63) is 18.5 Å². The van der Waals surface area contributed by atoms with Crippen LogP contribution in [0.1, 0.15) is 6.92 Å². The molecule has 0 bridgehead atoms. The molecule has 0 saturated carbocycles. The Morgan fingerprint density at radius 2 is 1.95 bits per heavy atom. The first-order valence-corrected chi connectivity index (χ1v) is 7.24. The second-order valence-electron chi connectivity index (χ2n) is 5.57. The van der Waals surface area contributed by atoms with Crippen molar-refractivity contribution in [1.29, 1.82) is 0 Å². The molecule has 0 aliphatic carbocycles. The number of carbonyl (C=O) groups excluding carboxylic acids is 1. The third kappa shape index (κ3) is 2.53. The fourth-order valence-corrected chi connectivity index (χ4v) is 3.21. The van der Waals surface area contributed by atoms with Crippen molar-refractivity contribution in [2.45, 2.75) is 19.0 Å². The molecule has 0 spiro atoms. The zero-order chi connectivity index (χ0) is 13.9. The summed E-state index contributed by atoms with van der Waals surface area (Å²) in [5, 5.41) is 3.30. The molecule has 2 fully saturated rings. The first-order chi connectivity index (χ1) is 9.79. The maximum absolute atomic E-state index is 11.0. The molecule has 3 atom stereocenters. The van der Waals surface area contributed by atoms with E-state index in [1.54, 1.807) is 12.4 Å². The summed E-state index contributed by atoms with van der Waals surface area (Å²) in [5.74, 6) is 1.20.